The van der Waals surface area contributed by atoms with Gasteiger partial charge in [0.25, 0.3) is 0 Å². The standard InChI is InChI=1S/C22H35NO5/c1-5-6-10-22(2,3)20(25)8-7-17-18-14-16(12-15(18)13-19(17)24)23-28-11-9-21(26)27-4/h7-8,15,17-19,24H,5-6,9-14H2,1-4H3/b8-7?,23-16-/t15-,17-,18+,19-/m0/s1. The van der Waals surface area contributed by atoms with Gasteiger partial charge in [-0.15, -0.1) is 0 Å². The van der Waals surface area contributed by atoms with Crippen LogP contribution in [0.3, 0.4) is 0 Å². The lowest BCUT2D eigenvalue weighted by atomic mass is 9.81. The van der Waals surface area contributed by atoms with Gasteiger partial charge in [0.2, 0.25) is 0 Å². The fraction of sp³-hybridized carbons (Fsp3) is 0.773. The van der Waals surface area contributed by atoms with Crippen LogP contribution in [0.5, 0.6) is 0 Å². The molecule has 2 aliphatic rings. The lowest BCUT2D eigenvalue weighted by Crippen LogP contribution is -2.23. The average molecular weight is 394 g/mol. The normalized spacial score (nSPS) is 28.7. The number of aliphatic hydroxyl groups is 1. The van der Waals surface area contributed by atoms with Crippen molar-refractivity contribution in [3.8, 4) is 0 Å². The number of carbonyl (C=O) groups is 2. The smallest absolute Gasteiger partial charge is 0.309 e. The van der Waals surface area contributed by atoms with Gasteiger partial charge in [-0.25, -0.2) is 0 Å². The van der Waals surface area contributed by atoms with E-state index in [1.54, 1.807) is 6.08 Å². The molecule has 158 valence electrons. The van der Waals surface area contributed by atoms with Gasteiger partial charge in [0.15, 0.2) is 5.78 Å². The number of carbonyl (C=O) groups excluding carboxylic acids is 2. The minimum Gasteiger partial charge on any atom is -0.469 e. The number of oxime groups is 1. The molecule has 2 fully saturated rings. The number of rotatable bonds is 10. The van der Waals surface area contributed by atoms with Crippen LogP contribution in [-0.4, -0.2) is 42.4 Å². The van der Waals surface area contributed by atoms with Gasteiger partial charge in [0.05, 0.1) is 25.3 Å². The number of unbranched alkanes of at least 4 members (excludes halogenated alkanes) is 1. The zero-order valence-corrected chi connectivity index (χ0v) is 17.6. The van der Waals surface area contributed by atoms with Crippen LogP contribution >= 0.6 is 0 Å². The second kappa shape index (κ2) is 10.2. The molecule has 0 radical (unpaired) electrons. The SMILES string of the molecule is CCCCC(C)(C)C(=O)C=C[C@H]1[C@@H]2C/C(=N\OCCC(=O)OC)C[C@H]2C[C@@H]1O. The van der Waals surface area contributed by atoms with Crippen LogP contribution in [0.15, 0.2) is 17.3 Å². The highest BCUT2D eigenvalue weighted by molar-refractivity contribution is 5.94. The summed E-state index contributed by atoms with van der Waals surface area (Å²) in [5.74, 6) is 0.466. The van der Waals surface area contributed by atoms with Crippen molar-refractivity contribution >= 4 is 17.5 Å². The quantitative estimate of drug-likeness (QED) is 0.265. The highest BCUT2D eigenvalue weighted by atomic mass is 16.6. The van der Waals surface area contributed by atoms with E-state index in [4.69, 9.17) is 4.84 Å². The molecule has 2 saturated carbocycles. The number of fused-ring (bicyclic) bond motifs is 1. The Labute approximate surface area is 168 Å². The minimum atomic E-state index is -0.403. The van der Waals surface area contributed by atoms with E-state index in [-0.39, 0.29) is 36.1 Å². The van der Waals surface area contributed by atoms with Gasteiger partial charge in [0, 0.05) is 11.3 Å². The number of hydrogen-bond donors (Lipinski definition) is 1. The summed E-state index contributed by atoms with van der Waals surface area (Å²) in [7, 11) is 1.35. The van der Waals surface area contributed by atoms with Crippen molar-refractivity contribution in [2.75, 3.05) is 13.7 Å². The molecule has 0 aromatic carbocycles. The average Bonchev–Trinajstić information content (AvgIpc) is 3.17. The van der Waals surface area contributed by atoms with Crippen LogP contribution in [-0.2, 0) is 19.2 Å². The number of allylic oxidation sites excluding steroid dienone is 1. The lowest BCUT2D eigenvalue weighted by molar-refractivity contribution is -0.141. The molecule has 1 N–H and O–H groups in total. The zero-order valence-electron chi connectivity index (χ0n) is 17.6. The Balaban J connectivity index is 1.91. The fourth-order valence-electron chi connectivity index (χ4n) is 4.32. The molecule has 0 spiro atoms. The first kappa shape index (κ1) is 22.6. The van der Waals surface area contributed by atoms with Gasteiger partial charge < -0.3 is 14.7 Å². The van der Waals surface area contributed by atoms with Crippen LogP contribution in [0, 0.1) is 23.2 Å². The van der Waals surface area contributed by atoms with Crippen molar-refractivity contribution in [1.29, 1.82) is 0 Å². The van der Waals surface area contributed by atoms with E-state index < -0.39 is 6.10 Å². The molecule has 2 rings (SSSR count). The van der Waals surface area contributed by atoms with E-state index in [9.17, 15) is 14.7 Å². The molecule has 28 heavy (non-hydrogen) atoms. The number of ketones is 1. The molecule has 0 aliphatic heterocycles. The van der Waals surface area contributed by atoms with E-state index in [2.05, 4.69) is 16.8 Å². The van der Waals surface area contributed by atoms with E-state index >= 15 is 0 Å². The molecule has 0 aromatic heterocycles. The molecular formula is C22H35NO5. The van der Waals surface area contributed by atoms with Gasteiger partial charge in [0.1, 0.15) is 6.61 Å². The predicted octanol–water partition coefficient (Wildman–Crippen LogP) is 3.67. The van der Waals surface area contributed by atoms with Gasteiger partial charge in [-0.3, -0.25) is 9.59 Å². The third kappa shape index (κ3) is 5.90. The Morgan fingerprint density at radius 2 is 2.07 bits per heavy atom. The van der Waals surface area contributed by atoms with Crippen LogP contribution in [0.25, 0.3) is 0 Å². The molecule has 0 heterocycles. The van der Waals surface area contributed by atoms with Crippen molar-refractivity contribution in [3.05, 3.63) is 12.2 Å². The second-order valence-corrected chi connectivity index (χ2v) is 8.74. The Morgan fingerprint density at radius 1 is 1.32 bits per heavy atom. The summed E-state index contributed by atoms with van der Waals surface area (Å²) in [6.45, 7) is 6.33. The Morgan fingerprint density at radius 3 is 2.75 bits per heavy atom. The number of aliphatic hydroxyl groups excluding tert-OH is 1. The van der Waals surface area contributed by atoms with Gasteiger partial charge in [-0.05, 0) is 43.6 Å². The van der Waals surface area contributed by atoms with Crippen LogP contribution in [0.1, 0.15) is 65.7 Å². The first-order chi connectivity index (χ1) is 13.3. The van der Waals surface area contributed by atoms with Gasteiger partial charge in [-0.1, -0.05) is 44.8 Å². The lowest BCUT2D eigenvalue weighted by Gasteiger charge is -2.22. The monoisotopic (exact) mass is 393 g/mol. The summed E-state index contributed by atoms with van der Waals surface area (Å²) >= 11 is 0. The summed E-state index contributed by atoms with van der Waals surface area (Å²) in [5, 5.41) is 14.6. The molecule has 0 aromatic rings. The van der Waals surface area contributed by atoms with Crippen molar-refractivity contribution in [3.63, 3.8) is 0 Å². The van der Waals surface area contributed by atoms with E-state index in [1.165, 1.54) is 7.11 Å². The number of ether oxygens (including phenoxy) is 1. The first-order valence-corrected chi connectivity index (χ1v) is 10.4. The molecule has 6 nitrogen and oxygen atoms in total. The number of methoxy groups -OCH3 is 1. The minimum absolute atomic E-state index is 0.0151. The molecular weight excluding hydrogens is 358 g/mol. The maximum Gasteiger partial charge on any atom is 0.309 e. The largest absolute Gasteiger partial charge is 0.469 e. The third-order valence-electron chi connectivity index (χ3n) is 6.17. The molecule has 6 heteroatoms. The maximum atomic E-state index is 12.6. The molecule has 4 atom stereocenters. The van der Waals surface area contributed by atoms with Crippen molar-refractivity contribution in [2.24, 2.45) is 28.3 Å². The summed E-state index contributed by atoms with van der Waals surface area (Å²) in [5.41, 5.74) is 0.616. The molecule has 0 saturated heterocycles. The number of nitrogens with zero attached hydrogens (tertiary/aromatic N) is 1. The van der Waals surface area contributed by atoms with E-state index in [0.717, 1.165) is 44.2 Å². The summed E-state index contributed by atoms with van der Waals surface area (Å²) in [6.07, 6.45) is 8.69. The van der Waals surface area contributed by atoms with Crippen LogP contribution in [0.4, 0.5) is 0 Å². The van der Waals surface area contributed by atoms with Crippen LogP contribution in [0.2, 0.25) is 0 Å². The fourth-order valence-corrected chi connectivity index (χ4v) is 4.32. The molecule has 0 unspecified atom stereocenters. The summed E-state index contributed by atoms with van der Waals surface area (Å²) < 4.78 is 4.57. The van der Waals surface area contributed by atoms with Crippen molar-refractivity contribution in [1.82, 2.24) is 0 Å². The molecule has 0 bridgehead atoms. The second-order valence-electron chi connectivity index (χ2n) is 8.74. The van der Waals surface area contributed by atoms with E-state index in [1.807, 2.05) is 19.9 Å². The molecule has 2 aliphatic carbocycles. The van der Waals surface area contributed by atoms with Crippen molar-refractivity contribution < 1.29 is 24.3 Å². The Hall–Kier alpha value is -1.69. The Bertz CT molecular complexity index is 610. The number of esters is 1. The Kier molecular flexibility index (Phi) is 8.23. The first-order valence-electron chi connectivity index (χ1n) is 10.4. The van der Waals surface area contributed by atoms with E-state index in [0.29, 0.717) is 11.8 Å². The van der Waals surface area contributed by atoms with Gasteiger partial charge >= 0.3 is 5.97 Å². The van der Waals surface area contributed by atoms with Crippen molar-refractivity contribution in [2.45, 2.75) is 71.8 Å². The number of hydrogen-bond acceptors (Lipinski definition) is 6. The topological polar surface area (TPSA) is 85.2 Å². The predicted molar refractivity (Wildman–Crippen MR) is 108 cm³/mol. The highest BCUT2D eigenvalue weighted by Crippen LogP contribution is 2.47. The zero-order chi connectivity index (χ0) is 20.7. The summed E-state index contributed by atoms with van der Waals surface area (Å²) in [6, 6.07) is 0. The summed E-state index contributed by atoms with van der Waals surface area (Å²) in [4.78, 5) is 28.9. The highest BCUT2D eigenvalue weighted by Gasteiger charge is 2.46. The third-order valence-corrected chi connectivity index (χ3v) is 6.17. The van der Waals surface area contributed by atoms with Gasteiger partial charge in [-0.2, -0.15) is 0 Å². The van der Waals surface area contributed by atoms with Crippen LogP contribution < -0.4 is 0 Å². The molecule has 0 amide bonds. The maximum absolute atomic E-state index is 12.6.